The van der Waals surface area contributed by atoms with Crippen LogP contribution in [-0.4, -0.2) is 41.9 Å². The first kappa shape index (κ1) is 18.5. The van der Waals surface area contributed by atoms with Crippen molar-refractivity contribution in [2.45, 2.75) is 38.8 Å². The number of benzene rings is 1. The van der Waals surface area contributed by atoms with E-state index < -0.39 is 6.04 Å². The summed E-state index contributed by atoms with van der Waals surface area (Å²) in [5.74, 6) is 0.635. The molecule has 1 fully saturated rings. The first-order valence-electron chi connectivity index (χ1n) is 8.89. The van der Waals surface area contributed by atoms with E-state index in [1.165, 1.54) is 11.3 Å². The molecule has 0 aliphatic carbocycles. The first-order chi connectivity index (χ1) is 12.5. The first-order valence-corrected chi connectivity index (χ1v) is 9.77. The van der Waals surface area contributed by atoms with Crippen molar-refractivity contribution in [3.05, 3.63) is 52.2 Å². The lowest BCUT2D eigenvalue weighted by atomic mass is 10.2. The molecule has 1 saturated heterocycles. The molecule has 26 heavy (non-hydrogen) atoms. The summed E-state index contributed by atoms with van der Waals surface area (Å²) in [4.78, 5) is 27.6. The highest BCUT2D eigenvalue weighted by molar-refractivity contribution is 7.12. The van der Waals surface area contributed by atoms with Crippen LogP contribution in [0.25, 0.3) is 0 Å². The summed E-state index contributed by atoms with van der Waals surface area (Å²) >= 11 is 1.41. The van der Waals surface area contributed by atoms with Crippen LogP contribution < -0.4 is 10.1 Å². The van der Waals surface area contributed by atoms with Crippen LogP contribution in [0.4, 0.5) is 0 Å². The third-order valence-corrected chi connectivity index (χ3v) is 5.28. The van der Waals surface area contributed by atoms with E-state index >= 15 is 0 Å². The normalized spacial score (nSPS) is 17.8. The number of nitrogens with zero attached hydrogens (tertiary/aromatic N) is 1. The molecule has 3 rings (SSSR count). The largest absolute Gasteiger partial charge is 0.491 e. The van der Waals surface area contributed by atoms with Gasteiger partial charge in [-0.2, -0.15) is 0 Å². The topological polar surface area (TPSA) is 58.6 Å². The second kappa shape index (κ2) is 8.36. The molecule has 1 N–H and O–H groups in total. The van der Waals surface area contributed by atoms with Gasteiger partial charge < -0.3 is 15.0 Å². The van der Waals surface area contributed by atoms with E-state index in [0.717, 1.165) is 17.7 Å². The molecular formula is C20H24N2O3S. The highest BCUT2D eigenvalue weighted by Gasteiger charge is 2.35. The van der Waals surface area contributed by atoms with Gasteiger partial charge in [0.05, 0.1) is 10.9 Å². The maximum absolute atomic E-state index is 12.6. The predicted molar refractivity (Wildman–Crippen MR) is 103 cm³/mol. The Hall–Kier alpha value is -2.34. The van der Waals surface area contributed by atoms with Crippen LogP contribution >= 0.6 is 11.3 Å². The second-order valence-corrected chi connectivity index (χ2v) is 7.62. The van der Waals surface area contributed by atoms with Crippen molar-refractivity contribution in [3.8, 4) is 5.75 Å². The Morgan fingerprint density at radius 2 is 2.19 bits per heavy atom. The zero-order chi connectivity index (χ0) is 18.5. The number of thiophene rings is 1. The van der Waals surface area contributed by atoms with Crippen LogP contribution in [0.3, 0.4) is 0 Å². The molecule has 1 aliphatic rings. The summed E-state index contributed by atoms with van der Waals surface area (Å²) in [6, 6.07) is 10.9. The maximum atomic E-state index is 12.6. The number of likely N-dealkylation sites (tertiary alicyclic amines) is 1. The van der Waals surface area contributed by atoms with Gasteiger partial charge in [-0.15, -0.1) is 11.3 Å². The molecule has 0 spiro atoms. The summed E-state index contributed by atoms with van der Waals surface area (Å²) in [5.41, 5.74) is 1.13. The van der Waals surface area contributed by atoms with E-state index in [2.05, 4.69) is 5.32 Å². The van der Waals surface area contributed by atoms with Crippen molar-refractivity contribution in [2.75, 3.05) is 13.2 Å². The number of hydrogen-bond donors (Lipinski definition) is 1. The molecule has 2 heterocycles. The van der Waals surface area contributed by atoms with Gasteiger partial charge in [-0.05, 0) is 55.8 Å². The Balaban J connectivity index is 1.54. The van der Waals surface area contributed by atoms with Crippen LogP contribution in [0.2, 0.25) is 0 Å². The fourth-order valence-electron chi connectivity index (χ4n) is 3.13. The van der Waals surface area contributed by atoms with Crippen molar-refractivity contribution in [3.63, 3.8) is 0 Å². The Morgan fingerprint density at radius 3 is 2.92 bits per heavy atom. The number of amides is 2. The van der Waals surface area contributed by atoms with Crippen molar-refractivity contribution in [2.24, 2.45) is 0 Å². The predicted octanol–water partition coefficient (Wildman–Crippen LogP) is 3.24. The lowest BCUT2D eigenvalue weighted by Crippen LogP contribution is -2.49. The third-order valence-electron chi connectivity index (χ3n) is 4.43. The second-order valence-electron chi connectivity index (χ2n) is 6.67. The Morgan fingerprint density at radius 1 is 1.35 bits per heavy atom. The highest BCUT2D eigenvalue weighted by atomic mass is 32.1. The summed E-state index contributed by atoms with van der Waals surface area (Å²) in [6.07, 6.45) is 1.55. The lowest BCUT2D eigenvalue weighted by Gasteiger charge is -2.25. The molecule has 6 heteroatoms. The van der Waals surface area contributed by atoms with Crippen LogP contribution in [-0.2, 0) is 4.79 Å². The van der Waals surface area contributed by atoms with Crippen molar-refractivity contribution < 1.29 is 14.3 Å². The summed E-state index contributed by atoms with van der Waals surface area (Å²) < 4.78 is 5.75. The van der Waals surface area contributed by atoms with E-state index in [4.69, 9.17) is 4.74 Å². The Bertz CT molecular complexity index is 760. The highest BCUT2D eigenvalue weighted by Crippen LogP contribution is 2.22. The van der Waals surface area contributed by atoms with Gasteiger partial charge in [-0.3, -0.25) is 9.59 Å². The molecular weight excluding hydrogens is 348 g/mol. The van der Waals surface area contributed by atoms with Gasteiger partial charge in [0, 0.05) is 6.54 Å². The van der Waals surface area contributed by atoms with Gasteiger partial charge in [-0.1, -0.05) is 18.2 Å². The number of aryl methyl sites for hydroxylation is 1. The van der Waals surface area contributed by atoms with E-state index in [9.17, 15) is 9.59 Å². The third kappa shape index (κ3) is 4.43. The standard InChI is InChI=1S/C20H24N2O3S/c1-14-6-3-7-16(12-14)25-13-15(2)21-19(23)17-8-4-10-22(17)20(24)18-9-5-11-26-18/h3,5-7,9,11-12,15,17H,4,8,10,13H2,1-2H3,(H,21,23)/t15-,17-/m0/s1. The summed E-state index contributed by atoms with van der Waals surface area (Å²) in [6.45, 7) is 4.94. The van der Waals surface area contributed by atoms with Crippen LogP contribution in [0.15, 0.2) is 41.8 Å². The quantitative estimate of drug-likeness (QED) is 0.847. The van der Waals surface area contributed by atoms with Crippen LogP contribution in [0, 0.1) is 6.92 Å². The average Bonchev–Trinajstić information content (AvgIpc) is 3.31. The van der Waals surface area contributed by atoms with Crippen LogP contribution in [0.5, 0.6) is 5.75 Å². The zero-order valence-electron chi connectivity index (χ0n) is 15.1. The number of hydrogen-bond acceptors (Lipinski definition) is 4. The van der Waals surface area contributed by atoms with Gasteiger partial charge in [0.1, 0.15) is 18.4 Å². The average molecular weight is 372 g/mol. The SMILES string of the molecule is Cc1cccc(OC[C@H](C)NC(=O)[C@@H]2CCCN2C(=O)c2cccs2)c1. The van der Waals surface area contributed by atoms with Gasteiger partial charge >= 0.3 is 0 Å². The van der Waals surface area contributed by atoms with E-state index in [0.29, 0.717) is 24.4 Å². The number of rotatable bonds is 6. The summed E-state index contributed by atoms with van der Waals surface area (Å²) in [7, 11) is 0. The maximum Gasteiger partial charge on any atom is 0.264 e. The molecule has 2 aromatic rings. The molecule has 0 radical (unpaired) electrons. The molecule has 1 aromatic heterocycles. The van der Waals surface area contributed by atoms with Gasteiger partial charge in [0.25, 0.3) is 5.91 Å². The smallest absolute Gasteiger partial charge is 0.264 e. The number of carbonyl (C=O) groups is 2. The molecule has 5 nitrogen and oxygen atoms in total. The van der Waals surface area contributed by atoms with Gasteiger partial charge in [0.2, 0.25) is 5.91 Å². The van der Waals surface area contributed by atoms with E-state index in [-0.39, 0.29) is 17.9 Å². The van der Waals surface area contributed by atoms with Gasteiger partial charge in [-0.25, -0.2) is 0 Å². The van der Waals surface area contributed by atoms with E-state index in [1.807, 2.05) is 49.6 Å². The lowest BCUT2D eigenvalue weighted by molar-refractivity contribution is -0.125. The number of ether oxygens (including phenoxy) is 1. The molecule has 2 amide bonds. The minimum Gasteiger partial charge on any atom is -0.491 e. The fourth-order valence-corrected chi connectivity index (χ4v) is 3.81. The Labute approximate surface area is 158 Å². The van der Waals surface area contributed by atoms with Crippen molar-refractivity contribution in [1.82, 2.24) is 10.2 Å². The number of carbonyl (C=O) groups excluding carboxylic acids is 2. The van der Waals surface area contributed by atoms with Crippen LogP contribution in [0.1, 0.15) is 35.0 Å². The zero-order valence-corrected chi connectivity index (χ0v) is 15.9. The molecule has 138 valence electrons. The molecule has 2 atom stereocenters. The fraction of sp³-hybridized carbons (Fsp3) is 0.400. The molecule has 0 bridgehead atoms. The number of nitrogens with one attached hydrogen (secondary N) is 1. The monoisotopic (exact) mass is 372 g/mol. The minimum absolute atomic E-state index is 0.0543. The van der Waals surface area contributed by atoms with Crippen molar-refractivity contribution in [1.29, 1.82) is 0 Å². The molecule has 0 saturated carbocycles. The van der Waals surface area contributed by atoms with Crippen molar-refractivity contribution >= 4 is 23.2 Å². The molecule has 0 unspecified atom stereocenters. The minimum atomic E-state index is -0.397. The summed E-state index contributed by atoms with van der Waals surface area (Å²) in [5, 5.41) is 4.86. The van der Waals surface area contributed by atoms with Gasteiger partial charge in [0.15, 0.2) is 0 Å². The molecule has 1 aromatic carbocycles. The molecule has 1 aliphatic heterocycles. The van der Waals surface area contributed by atoms with E-state index in [1.54, 1.807) is 11.0 Å². The Kier molecular flexibility index (Phi) is 5.93.